The summed E-state index contributed by atoms with van der Waals surface area (Å²) in [5, 5.41) is 0. The molecule has 5 aromatic rings. The van der Waals surface area contributed by atoms with Gasteiger partial charge in [-0.15, -0.1) is 0 Å². The molecule has 0 spiro atoms. The molecule has 0 unspecified atom stereocenters. The van der Waals surface area contributed by atoms with Gasteiger partial charge in [0.2, 0.25) is 7.28 Å². The third kappa shape index (κ3) is 6.59. The van der Waals surface area contributed by atoms with Crippen molar-refractivity contribution >= 4 is 34.1 Å². The number of hydrogen-bond donors (Lipinski definition) is 0. The SMILES string of the molecule is CC(=C[SiH2]Cn1ccnc1[B]C(=Cc1ccccc1)c1ccccc1)C(c1ccccc1)c1ccccc1. The highest BCUT2D eigenvalue weighted by atomic mass is 28.2. The van der Waals surface area contributed by atoms with Crippen molar-refractivity contribution in [3.63, 3.8) is 0 Å². The van der Waals surface area contributed by atoms with Crippen LogP contribution in [0.5, 0.6) is 0 Å². The lowest BCUT2D eigenvalue weighted by Crippen LogP contribution is -2.29. The third-order valence-corrected chi connectivity index (χ3v) is 8.49. The highest BCUT2D eigenvalue weighted by Gasteiger charge is 2.16. The molecule has 0 saturated carbocycles. The Morgan fingerprint density at radius 1 is 0.789 bits per heavy atom. The van der Waals surface area contributed by atoms with E-state index < -0.39 is 9.52 Å². The molecule has 0 aliphatic heterocycles. The van der Waals surface area contributed by atoms with Gasteiger partial charge in [0.25, 0.3) is 0 Å². The van der Waals surface area contributed by atoms with E-state index in [0.717, 1.165) is 17.4 Å². The predicted molar refractivity (Wildman–Crippen MR) is 165 cm³/mol. The van der Waals surface area contributed by atoms with E-state index in [2.05, 4.69) is 158 Å². The van der Waals surface area contributed by atoms with E-state index in [1.807, 2.05) is 6.20 Å². The molecular formula is C34H32BN2Si. The fraction of sp³-hybridized carbons (Fsp3) is 0.0882. The Bertz CT molecular complexity index is 1440. The van der Waals surface area contributed by atoms with Crippen LogP contribution in [0.3, 0.4) is 0 Å². The van der Waals surface area contributed by atoms with Crippen LogP contribution in [0.1, 0.15) is 35.1 Å². The summed E-state index contributed by atoms with van der Waals surface area (Å²) in [4.78, 5) is 4.72. The zero-order valence-corrected chi connectivity index (χ0v) is 23.2. The quantitative estimate of drug-likeness (QED) is 0.161. The first-order valence-corrected chi connectivity index (χ1v) is 15.0. The van der Waals surface area contributed by atoms with Gasteiger partial charge in [-0.05, 0) is 29.2 Å². The minimum atomic E-state index is -0.511. The van der Waals surface area contributed by atoms with Crippen molar-refractivity contribution in [2.45, 2.75) is 19.0 Å². The van der Waals surface area contributed by atoms with Crippen molar-refractivity contribution in [3.8, 4) is 0 Å². The van der Waals surface area contributed by atoms with Crippen LogP contribution in [0.25, 0.3) is 11.5 Å². The van der Waals surface area contributed by atoms with Crippen LogP contribution in [0.15, 0.2) is 145 Å². The van der Waals surface area contributed by atoms with Gasteiger partial charge in [0, 0.05) is 24.5 Å². The molecule has 0 saturated heterocycles. The minimum absolute atomic E-state index is 0.289. The third-order valence-electron chi connectivity index (χ3n) is 6.82. The minimum Gasteiger partial charge on any atom is -0.346 e. The maximum absolute atomic E-state index is 4.72. The van der Waals surface area contributed by atoms with Crippen LogP contribution >= 0.6 is 0 Å². The average molecular weight is 508 g/mol. The molecule has 1 radical (unpaired) electrons. The van der Waals surface area contributed by atoms with Crippen molar-refractivity contribution in [1.82, 2.24) is 9.55 Å². The summed E-state index contributed by atoms with van der Waals surface area (Å²) in [6.45, 7) is 2.29. The van der Waals surface area contributed by atoms with Gasteiger partial charge in [0.1, 0.15) is 0 Å². The van der Waals surface area contributed by atoms with Gasteiger partial charge in [0.05, 0.1) is 15.2 Å². The van der Waals surface area contributed by atoms with Gasteiger partial charge in [-0.1, -0.05) is 144 Å². The molecule has 0 amide bonds. The number of aromatic nitrogens is 2. The lowest BCUT2D eigenvalue weighted by atomic mass is 9.65. The van der Waals surface area contributed by atoms with Crippen molar-refractivity contribution < 1.29 is 0 Å². The Labute approximate surface area is 229 Å². The van der Waals surface area contributed by atoms with E-state index in [1.54, 1.807) is 0 Å². The second-order valence-electron chi connectivity index (χ2n) is 9.49. The van der Waals surface area contributed by atoms with Gasteiger partial charge in [-0.3, -0.25) is 4.98 Å². The molecule has 185 valence electrons. The van der Waals surface area contributed by atoms with E-state index in [4.69, 9.17) is 4.98 Å². The summed E-state index contributed by atoms with van der Waals surface area (Å²) in [6, 6.07) is 42.7. The normalized spacial score (nSPS) is 12.4. The van der Waals surface area contributed by atoms with Gasteiger partial charge in [-0.2, -0.15) is 0 Å². The van der Waals surface area contributed by atoms with Gasteiger partial charge in [0.15, 0.2) is 0 Å². The van der Waals surface area contributed by atoms with Gasteiger partial charge in [-0.25, -0.2) is 0 Å². The molecule has 0 bridgehead atoms. The van der Waals surface area contributed by atoms with E-state index in [0.29, 0.717) is 0 Å². The summed E-state index contributed by atoms with van der Waals surface area (Å²) >= 11 is 0. The maximum Gasteiger partial charge on any atom is 0.241 e. The lowest BCUT2D eigenvalue weighted by Gasteiger charge is -2.19. The Balaban J connectivity index is 1.35. The molecule has 4 heteroatoms. The lowest BCUT2D eigenvalue weighted by molar-refractivity contribution is 0.904. The number of nitrogens with zero attached hydrogens (tertiary/aromatic N) is 2. The van der Waals surface area contributed by atoms with Crippen LogP contribution in [-0.2, 0) is 6.17 Å². The summed E-state index contributed by atoms with van der Waals surface area (Å²) in [5.41, 5.74) is 11.2. The summed E-state index contributed by atoms with van der Waals surface area (Å²) in [6.07, 6.45) is 7.27. The summed E-state index contributed by atoms with van der Waals surface area (Å²) in [7, 11) is 1.70. The molecule has 0 aliphatic rings. The number of allylic oxidation sites excluding steroid dienone is 1. The Morgan fingerprint density at radius 3 is 1.95 bits per heavy atom. The van der Waals surface area contributed by atoms with E-state index in [1.165, 1.54) is 27.8 Å². The molecule has 2 nitrogen and oxygen atoms in total. The second-order valence-corrected chi connectivity index (χ2v) is 10.9. The zero-order chi connectivity index (χ0) is 26.0. The smallest absolute Gasteiger partial charge is 0.241 e. The molecule has 1 heterocycles. The van der Waals surface area contributed by atoms with Gasteiger partial charge >= 0.3 is 0 Å². The van der Waals surface area contributed by atoms with Crippen LogP contribution in [-0.4, -0.2) is 26.4 Å². The first-order chi connectivity index (χ1) is 18.8. The molecule has 0 N–H and O–H groups in total. The van der Waals surface area contributed by atoms with Crippen molar-refractivity contribution in [2.24, 2.45) is 0 Å². The zero-order valence-electron chi connectivity index (χ0n) is 21.8. The second kappa shape index (κ2) is 12.9. The highest BCUT2D eigenvalue weighted by Crippen LogP contribution is 2.31. The van der Waals surface area contributed by atoms with Crippen molar-refractivity contribution in [1.29, 1.82) is 0 Å². The summed E-state index contributed by atoms with van der Waals surface area (Å²) in [5.74, 6) is 0.289. The topological polar surface area (TPSA) is 17.8 Å². The first-order valence-electron chi connectivity index (χ1n) is 13.2. The van der Waals surface area contributed by atoms with Crippen molar-refractivity contribution in [3.05, 3.63) is 167 Å². The molecule has 0 aliphatic carbocycles. The van der Waals surface area contributed by atoms with E-state index in [9.17, 15) is 0 Å². The molecule has 4 aromatic carbocycles. The van der Waals surface area contributed by atoms with Crippen LogP contribution in [0, 0.1) is 0 Å². The average Bonchev–Trinajstić information content (AvgIpc) is 3.42. The monoisotopic (exact) mass is 507 g/mol. The molecular weight excluding hydrogens is 475 g/mol. The summed E-state index contributed by atoms with van der Waals surface area (Å²) < 4.78 is 2.30. The van der Waals surface area contributed by atoms with E-state index >= 15 is 0 Å². The van der Waals surface area contributed by atoms with Crippen molar-refractivity contribution in [2.75, 3.05) is 0 Å². The number of benzene rings is 4. The standard InChI is InChI=1S/C34H32BN2Si/c1-27(33(30-18-10-4-11-19-30)31-20-12-5-13-21-31)25-38-26-37-23-22-36-34(37)35-32(29-16-8-3-9-17-29)24-28-14-6-2-7-15-28/h2-25,33H,26,38H2,1H3. The molecule has 38 heavy (non-hydrogen) atoms. The fourth-order valence-electron chi connectivity index (χ4n) is 4.92. The van der Waals surface area contributed by atoms with Crippen LogP contribution in [0.2, 0.25) is 0 Å². The largest absolute Gasteiger partial charge is 0.346 e. The Kier molecular flexibility index (Phi) is 8.65. The Hall–Kier alpha value is -4.15. The van der Waals surface area contributed by atoms with Gasteiger partial charge < -0.3 is 4.57 Å². The maximum atomic E-state index is 4.72. The van der Waals surface area contributed by atoms with Crippen LogP contribution in [0.4, 0.5) is 0 Å². The fourth-order valence-corrected chi connectivity index (χ4v) is 6.39. The number of rotatable bonds is 10. The van der Waals surface area contributed by atoms with Crippen LogP contribution < -0.4 is 5.72 Å². The Morgan fingerprint density at radius 2 is 1.34 bits per heavy atom. The number of hydrogen-bond acceptors (Lipinski definition) is 1. The van der Waals surface area contributed by atoms with E-state index in [-0.39, 0.29) is 5.92 Å². The molecule has 0 atom stereocenters. The molecule has 0 fully saturated rings. The molecule has 1 aromatic heterocycles. The highest BCUT2D eigenvalue weighted by molar-refractivity contribution is 6.73. The molecule has 5 rings (SSSR count). The first kappa shape index (κ1) is 25.5. The predicted octanol–water partition coefficient (Wildman–Crippen LogP) is 6.27. The number of imidazole rings is 1.